The minimum atomic E-state index is 0.331. The summed E-state index contributed by atoms with van der Waals surface area (Å²) in [7, 11) is 0. The standard InChI is InChI=1S/C16H32N4O/c1-2-15(6-7-17)19-12-10-18(11-13-19)14-16(21)20-8-4-3-5-9-20/h15H,2-14,17H2,1H3. The predicted molar refractivity (Wildman–Crippen MR) is 86.2 cm³/mol. The van der Waals surface area contributed by atoms with Crippen molar-refractivity contribution >= 4 is 5.91 Å². The van der Waals surface area contributed by atoms with Crippen LogP contribution in [0.15, 0.2) is 0 Å². The number of hydrogen-bond acceptors (Lipinski definition) is 4. The van der Waals surface area contributed by atoms with Crippen LogP contribution < -0.4 is 5.73 Å². The van der Waals surface area contributed by atoms with Crippen molar-refractivity contribution in [2.45, 2.75) is 45.1 Å². The molecule has 0 aromatic carbocycles. The van der Waals surface area contributed by atoms with Gasteiger partial charge in [0, 0.05) is 45.3 Å². The summed E-state index contributed by atoms with van der Waals surface area (Å²) in [5, 5.41) is 0. The van der Waals surface area contributed by atoms with Crippen molar-refractivity contribution in [1.29, 1.82) is 0 Å². The van der Waals surface area contributed by atoms with Crippen LogP contribution in [-0.4, -0.2) is 79.0 Å². The van der Waals surface area contributed by atoms with Gasteiger partial charge in [0.25, 0.3) is 0 Å². The first kappa shape index (κ1) is 16.7. The molecule has 2 heterocycles. The summed E-state index contributed by atoms with van der Waals surface area (Å²) in [6.07, 6.45) is 5.89. The molecule has 0 bridgehead atoms. The van der Waals surface area contributed by atoms with Gasteiger partial charge in [-0.2, -0.15) is 0 Å². The van der Waals surface area contributed by atoms with Gasteiger partial charge < -0.3 is 10.6 Å². The largest absolute Gasteiger partial charge is 0.342 e. The highest BCUT2D eigenvalue weighted by Crippen LogP contribution is 2.13. The Kier molecular flexibility index (Phi) is 6.93. The zero-order chi connectivity index (χ0) is 15.1. The van der Waals surface area contributed by atoms with Crippen LogP contribution in [0.3, 0.4) is 0 Å². The molecule has 0 saturated carbocycles. The van der Waals surface area contributed by atoms with Gasteiger partial charge in [-0.25, -0.2) is 0 Å². The molecule has 0 aromatic heterocycles. The number of nitrogens with zero attached hydrogens (tertiary/aromatic N) is 3. The molecule has 2 N–H and O–H groups in total. The summed E-state index contributed by atoms with van der Waals surface area (Å²) in [6, 6.07) is 0.620. The number of amides is 1. The topological polar surface area (TPSA) is 52.8 Å². The van der Waals surface area contributed by atoms with Gasteiger partial charge in [-0.1, -0.05) is 6.92 Å². The van der Waals surface area contributed by atoms with Crippen LogP contribution in [0.25, 0.3) is 0 Å². The molecule has 2 aliphatic rings. The molecule has 0 aliphatic carbocycles. The van der Waals surface area contributed by atoms with Gasteiger partial charge in [-0.15, -0.1) is 0 Å². The zero-order valence-electron chi connectivity index (χ0n) is 13.6. The minimum absolute atomic E-state index is 0.331. The first-order chi connectivity index (χ1) is 10.2. The van der Waals surface area contributed by atoms with Crippen molar-refractivity contribution in [3.05, 3.63) is 0 Å². The van der Waals surface area contributed by atoms with E-state index in [1.165, 1.54) is 25.7 Å². The van der Waals surface area contributed by atoms with Crippen molar-refractivity contribution in [2.24, 2.45) is 5.73 Å². The lowest BCUT2D eigenvalue weighted by Gasteiger charge is -2.39. The molecule has 2 rings (SSSR count). The number of carbonyl (C=O) groups excluding carboxylic acids is 1. The lowest BCUT2D eigenvalue weighted by atomic mass is 10.1. The summed E-state index contributed by atoms with van der Waals surface area (Å²) in [4.78, 5) is 19.2. The average molecular weight is 296 g/mol. The summed E-state index contributed by atoms with van der Waals surface area (Å²) >= 11 is 0. The Balaban J connectivity index is 1.72. The quantitative estimate of drug-likeness (QED) is 0.786. The van der Waals surface area contributed by atoms with Crippen LogP contribution in [0.1, 0.15) is 39.0 Å². The van der Waals surface area contributed by atoms with E-state index in [0.717, 1.165) is 52.2 Å². The van der Waals surface area contributed by atoms with E-state index in [4.69, 9.17) is 5.73 Å². The SMILES string of the molecule is CCC(CCN)N1CCN(CC(=O)N2CCCCC2)CC1. The lowest BCUT2D eigenvalue weighted by Crippen LogP contribution is -2.53. The van der Waals surface area contributed by atoms with Gasteiger partial charge in [-0.3, -0.25) is 14.6 Å². The zero-order valence-corrected chi connectivity index (χ0v) is 13.6. The fraction of sp³-hybridized carbons (Fsp3) is 0.938. The Morgan fingerprint density at radius 3 is 2.29 bits per heavy atom. The van der Waals surface area contributed by atoms with Crippen LogP contribution in [0.5, 0.6) is 0 Å². The summed E-state index contributed by atoms with van der Waals surface area (Å²) in [6.45, 7) is 9.74. The maximum atomic E-state index is 12.3. The maximum absolute atomic E-state index is 12.3. The highest BCUT2D eigenvalue weighted by Gasteiger charge is 2.25. The van der Waals surface area contributed by atoms with Crippen molar-refractivity contribution < 1.29 is 4.79 Å². The van der Waals surface area contributed by atoms with Crippen LogP contribution in [-0.2, 0) is 4.79 Å². The first-order valence-corrected chi connectivity index (χ1v) is 8.68. The number of carbonyl (C=O) groups is 1. The number of rotatable bonds is 6. The Labute approximate surface area is 129 Å². The van der Waals surface area contributed by atoms with Gasteiger partial charge in [0.05, 0.1) is 6.54 Å². The monoisotopic (exact) mass is 296 g/mol. The van der Waals surface area contributed by atoms with Crippen LogP contribution in [0, 0.1) is 0 Å². The molecule has 21 heavy (non-hydrogen) atoms. The third-order valence-corrected chi connectivity index (χ3v) is 4.96. The van der Waals surface area contributed by atoms with Gasteiger partial charge in [-0.05, 0) is 38.6 Å². The molecule has 2 aliphatic heterocycles. The molecule has 0 spiro atoms. The average Bonchev–Trinajstić information content (AvgIpc) is 2.54. The van der Waals surface area contributed by atoms with Crippen molar-refractivity contribution in [3.63, 3.8) is 0 Å². The minimum Gasteiger partial charge on any atom is -0.342 e. The van der Waals surface area contributed by atoms with Crippen molar-refractivity contribution in [3.8, 4) is 0 Å². The number of piperidine rings is 1. The fourth-order valence-corrected chi connectivity index (χ4v) is 3.56. The van der Waals surface area contributed by atoms with E-state index in [1.54, 1.807) is 0 Å². The Hall–Kier alpha value is -0.650. The number of hydrogen-bond donors (Lipinski definition) is 1. The molecule has 1 unspecified atom stereocenters. The van der Waals surface area contributed by atoms with E-state index in [2.05, 4.69) is 21.6 Å². The second-order valence-electron chi connectivity index (χ2n) is 6.39. The molecule has 1 amide bonds. The summed E-state index contributed by atoms with van der Waals surface area (Å²) in [5.74, 6) is 0.331. The van der Waals surface area contributed by atoms with Gasteiger partial charge >= 0.3 is 0 Å². The molecule has 5 nitrogen and oxygen atoms in total. The molecular formula is C16H32N4O. The molecule has 122 valence electrons. The van der Waals surface area contributed by atoms with E-state index >= 15 is 0 Å². The Morgan fingerprint density at radius 2 is 1.71 bits per heavy atom. The van der Waals surface area contributed by atoms with Crippen LogP contribution in [0.2, 0.25) is 0 Å². The normalized spacial score (nSPS) is 23.2. The summed E-state index contributed by atoms with van der Waals surface area (Å²) in [5.41, 5.74) is 5.70. The molecular weight excluding hydrogens is 264 g/mol. The Morgan fingerprint density at radius 1 is 1.05 bits per heavy atom. The highest BCUT2D eigenvalue weighted by molar-refractivity contribution is 5.78. The van der Waals surface area contributed by atoms with Gasteiger partial charge in [0.1, 0.15) is 0 Å². The van der Waals surface area contributed by atoms with E-state index in [0.29, 0.717) is 18.5 Å². The smallest absolute Gasteiger partial charge is 0.236 e. The van der Waals surface area contributed by atoms with E-state index in [-0.39, 0.29) is 0 Å². The van der Waals surface area contributed by atoms with Gasteiger partial charge in [0.2, 0.25) is 5.91 Å². The molecule has 1 atom stereocenters. The molecule has 2 fully saturated rings. The number of piperazine rings is 1. The predicted octanol–water partition coefficient (Wildman–Crippen LogP) is 0.744. The van der Waals surface area contributed by atoms with E-state index < -0.39 is 0 Å². The fourth-order valence-electron chi connectivity index (χ4n) is 3.56. The van der Waals surface area contributed by atoms with Crippen molar-refractivity contribution in [2.75, 3.05) is 52.4 Å². The van der Waals surface area contributed by atoms with Crippen LogP contribution >= 0.6 is 0 Å². The number of nitrogens with two attached hydrogens (primary N) is 1. The van der Waals surface area contributed by atoms with Crippen LogP contribution in [0.4, 0.5) is 0 Å². The maximum Gasteiger partial charge on any atom is 0.236 e. The molecule has 0 radical (unpaired) electrons. The summed E-state index contributed by atoms with van der Waals surface area (Å²) < 4.78 is 0. The second-order valence-corrected chi connectivity index (χ2v) is 6.39. The second kappa shape index (κ2) is 8.71. The Bertz CT molecular complexity index is 309. The number of likely N-dealkylation sites (tertiary alicyclic amines) is 1. The van der Waals surface area contributed by atoms with E-state index in [1.807, 2.05) is 0 Å². The van der Waals surface area contributed by atoms with Crippen molar-refractivity contribution in [1.82, 2.24) is 14.7 Å². The first-order valence-electron chi connectivity index (χ1n) is 8.68. The molecule has 5 heteroatoms. The molecule has 0 aromatic rings. The van der Waals surface area contributed by atoms with Gasteiger partial charge in [0.15, 0.2) is 0 Å². The third-order valence-electron chi connectivity index (χ3n) is 4.96. The third kappa shape index (κ3) is 4.94. The molecule has 2 saturated heterocycles. The van der Waals surface area contributed by atoms with E-state index in [9.17, 15) is 4.79 Å². The lowest BCUT2D eigenvalue weighted by molar-refractivity contribution is -0.133. The highest BCUT2D eigenvalue weighted by atomic mass is 16.2.